The summed E-state index contributed by atoms with van der Waals surface area (Å²) in [5, 5.41) is 3.62. The van der Waals surface area contributed by atoms with E-state index in [4.69, 9.17) is 4.74 Å². The van der Waals surface area contributed by atoms with Gasteiger partial charge in [-0.15, -0.1) is 0 Å². The first kappa shape index (κ1) is 9.47. The third-order valence-electron chi connectivity index (χ3n) is 3.39. The van der Waals surface area contributed by atoms with Crippen molar-refractivity contribution in [3.63, 3.8) is 0 Å². The molecule has 1 N–H and O–H groups in total. The van der Waals surface area contributed by atoms with Gasteiger partial charge in [0, 0.05) is 12.6 Å². The van der Waals surface area contributed by atoms with E-state index >= 15 is 0 Å². The van der Waals surface area contributed by atoms with Gasteiger partial charge in [-0.1, -0.05) is 12.8 Å². The molecule has 1 aliphatic heterocycles. The fraction of sp³-hybridized carbons (Fsp3) is 1.00. The molecule has 1 aliphatic carbocycles. The van der Waals surface area contributed by atoms with Gasteiger partial charge in [-0.05, 0) is 38.1 Å². The average Bonchev–Trinajstić information content (AvgIpc) is 2.80. The standard InChI is InChI=1S/C11H21NO/c1-9(11-5-7-13-8-11)12-6-4-10-2-3-10/h9-12H,2-8H2,1H3. The van der Waals surface area contributed by atoms with Crippen LogP contribution in [0.25, 0.3) is 0 Å². The summed E-state index contributed by atoms with van der Waals surface area (Å²) in [5.41, 5.74) is 0. The van der Waals surface area contributed by atoms with Crippen LogP contribution in [0.4, 0.5) is 0 Å². The van der Waals surface area contributed by atoms with E-state index in [0.717, 1.165) is 25.0 Å². The summed E-state index contributed by atoms with van der Waals surface area (Å²) in [7, 11) is 0. The van der Waals surface area contributed by atoms with Crippen molar-refractivity contribution < 1.29 is 4.74 Å². The molecule has 2 heteroatoms. The zero-order chi connectivity index (χ0) is 9.10. The Balaban J connectivity index is 1.56. The summed E-state index contributed by atoms with van der Waals surface area (Å²) >= 11 is 0. The molecule has 2 unspecified atom stereocenters. The van der Waals surface area contributed by atoms with Gasteiger partial charge >= 0.3 is 0 Å². The number of nitrogens with one attached hydrogen (secondary N) is 1. The number of ether oxygens (including phenoxy) is 1. The van der Waals surface area contributed by atoms with E-state index in [1.807, 2.05) is 0 Å². The Labute approximate surface area is 81.0 Å². The maximum absolute atomic E-state index is 5.38. The van der Waals surface area contributed by atoms with Crippen LogP contribution in [0.2, 0.25) is 0 Å². The third-order valence-corrected chi connectivity index (χ3v) is 3.39. The van der Waals surface area contributed by atoms with E-state index in [0.29, 0.717) is 6.04 Å². The molecule has 2 aliphatic rings. The summed E-state index contributed by atoms with van der Waals surface area (Å²) in [6.45, 7) is 5.45. The quantitative estimate of drug-likeness (QED) is 0.702. The Kier molecular flexibility index (Phi) is 3.23. The molecule has 0 amide bonds. The highest BCUT2D eigenvalue weighted by molar-refractivity contribution is 4.78. The van der Waals surface area contributed by atoms with Crippen molar-refractivity contribution in [2.24, 2.45) is 11.8 Å². The molecule has 2 fully saturated rings. The van der Waals surface area contributed by atoms with E-state index in [2.05, 4.69) is 12.2 Å². The second kappa shape index (κ2) is 4.43. The Hall–Kier alpha value is -0.0800. The Morgan fingerprint density at radius 1 is 1.38 bits per heavy atom. The highest BCUT2D eigenvalue weighted by Crippen LogP contribution is 2.31. The number of hydrogen-bond acceptors (Lipinski definition) is 2. The van der Waals surface area contributed by atoms with Gasteiger partial charge in [-0.3, -0.25) is 0 Å². The van der Waals surface area contributed by atoms with Crippen molar-refractivity contribution in [2.75, 3.05) is 19.8 Å². The van der Waals surface area contributed by atoms with Crippen LogP contribution in [0.15, 0.2) is 0 Å². The molecule has 0 spiro atoms. The molecule has 2 nitrogen and oxygen atoms in total. The highest BCUT2D eigenvalue weighted by atomic mass is 16.5. The van der Waals surface area contributed by atoms with Gasteiger partial charge in [0.15, 0.2) is 0 Å². The first-order valence-corrected chi connectivity index (χ1v) is 5.67. The van der Waals surface area contributed by atoms with Crippen LogP contribution in [0, 0.1) is 11.8 Å². The fourth-order valence-electron chi connectivity index (χ4n) is 2.04. The molecule has 2 atom stereocenters. The number of hydrogen-bond donors (Lipinski definition) is 1. The molecule has 1 saturated heterocycles. The maximum atomic E-state index is 5.38. The van der Waals surface area contributed by atoms with Crippen molar-refractivity contribution in [1.29, 1.82) is 0 Å². The molecule has 1 saturated carbocycles. The van der Waals surface area contributed by atoms with Crippen LogP contribution in [-0.2, 0) is 4.74 Å². The average molecular weight is 183 g/mol. The van der Waals surface area contributed by atoms with E-state index in [-0.39, 0.29) is 0 Å². The predicted molar refractivity (Wildman–Crippen MR) is 53.7 cm³/mol. The molecular weight excluding hydrogens is 162 g/mol. The monoisotopic (exact) mass is 183 g/mol. The molecule has 13 heavy (non-hydrogen) atoms. The first-order valence-electron chi connectivity index (χ1n) is 5.67. The SMILES string of the molecule is CC(NCCC1CC1)C1CCOC1. The zero-order valence-corrected chi connectivity index (χ0v) is 8.59. The van der Waals surface area contributed by atoms with Gasteiger partial charge < -0.3 is 10.1 Å². The zero-order valence-electron chi connectivity index (χ0n) is 8.59. The molecule has 1 heterocycles. The van der Waals surface area contributed by atoms with E-state index in [9.17, 15) is 0 Å². The summed E-state index contributed by atoms with van der Waals surface area (Å²) in [4.78, 5) is 0. The van der Waals surface area contributed by atoms with Gasteiger partial charge in [-0.2, -0.15) is 0 Å². The van der Waals surface area contributed by atoms with Crippen LogP contribution in [0.1, 0.15) is 32.6 Å². The molecule has 2 rings (SSSR count). The third kappa shape index (κ3) is 2.96. The van der Waals surface area contributed by atoms with E-state index in [1.54, 1.807) is 0 Å². The molecular formula is C11H21NO. The van der Waals surface area contributed by atoms with Crippen molar-refractivity contribution in [3.05, 3.63) is 0 Å². The van der Waals surface area contributed by atoms with Gasteiger partial charge in [0.25, 0.3) is 0 Å². The van der Waals surface area contributed by atoms with Gasteiger partial charge in [0.1, 0.15) is 0 Å². The van der Waals surface area contributed by atoms with Crippen LogP contribution in [-0.4, -0.2) is 25.8 Å². The van der Waals surface area contributed by atoms with Crippen LogP contribution < -0.4 is 5.32 Å². The lowest BCUT2D eigenvalue weighted by Gasteiger charge is -2.18. The second-order valence-electron chi connectivity index (χ2n) is 4.60. The minimum absolute atomic E-state index is 0.654. The van der Waals surface area contributed by atoms with Crippen molar-refractivity contribution >= 4 is 0 Å². The molecule has 0 radical (unpaired) electrons. The summed E-state index contributed by atoms with van der Waals surface area (Å²) in [6.07, 6.45) is 5.58. The lowest BCUT2D eigenvalue weighted by atomic mass is 10.0. The van der Waals surface area contributed by atoms with Crippen molar-refractivity contribution in [2.45, 2.75) is 38.6 Å². The molecule has 0 aromatic carbocycles. The van der Waals surface area contributed by atoms with Gasteiger partial charge in [-0.25, -0.2) is 0 Å². The van der Waals surface area contributed by atoms with Gasteiger partial charge in [0.05, 0.1) is 6.61 Å². The Morgan fingerprint density at radius 2 is 2.23 bits per heavy atom. The van der Waals surface area contributed by atoms with Crippen LogP contribution in [0.3, 0.4) is 0 Å². The minimum atomic E-state index is 0.654. The second-order valence-corrected chi connectivity index (χ2v) is 4.60. The Bertz CT molecular complexity index is 150. The van der Waals surface area contributed by atoms with Crippen molar-refractivity contribution in [3.8, 4) is 0 Å². The minimum Gasteiger partial charge on any atom is -0.381 e. The van der Waals surface area contributed by atoms with Gasteiger partial charge in [0.2, 0.25) is 0 Å². The fourth-order valence-corrected chi connectivity index (χ4v) is 2.04. The predicted octanol–water partition coefficient (Wildman–Crippen LogP) is 1.80. The smallest absolute Gasteiger partial charge is 0.0509 e. The molecule has 0 aromatic rings. The van der Waals surface area contributed by atoms with E-state index in [1.165, 1.54) is 32.2 Å². The van der Waals surface area contributed by atoms with Crippen molar-refractivity contribution in [1.82, 2.24) is 5.32 Å². The first-order chi connectivity index (χ1) is 6.36. The molecule has 76 valence electrons. The number of rotatable bonds is 5. The maximum Gasteiger partial charge on any atom is 0.0509 e. The van der Waals surface area contributed by atoms with E-state index < -0.39 is 0 Å². The highest BCUT2D eigenvalue weighted by Gasteiger charge is 2.23. The largest absolute Gasteiger partial charge is 0.381 e. The normalized spacial score (nSPS) is 30.7. The summed E-state index contributed by atoms with van der Waals surface area (Å²) in [6, 6.07) is 0.654. The molecule has 0 bridgehead atoms. The van der Waals surface area contributed by atoms with Crippen LogP contribution >= 0.6 is 0 Å². The van der Waals surface area contributed by atoms with Crippen LogP contribution in [0.5, 0.6) is 0 Å². The summed E-state index contributed by atoms with van der Waals surface area (Å²) < 4.78 is 5.38. The summed E-state index contributed by atoms with van der Waals surface area (Å²) in [5.74, 6) is 1.82. The topological polar surface area (TPSA) is 21.3 Å². The molecule has 0 aromatic heterocycles. The lowest BCUT2D eigenvalue weighted by molar-refractivity contribution is 0.178. The lowest BCUT2D eigenvalue weighted by Crippen LogP contribution is -2.34. The Morgan fingerprint density at radius 3 is 2.85 bits per heavy atom.